The Morgan fingerprint density at radius 2 is 1.65 bits per heavy atom. The minimum absolute atomic E-state index is 0.0347. The maximum atomic E-state index is 11.4. The molecule has 0 fully saturated rings. The molecule has 0 heterocycles. The van der Waals surface area contributed by atoms with Gasteiger partial charge in [0.25, 0.3) is 0 Å². The molecule has 1 aromatic carbocycles. The lowest BCUT2D eigenvalue weighted by atomic mass is 10.1. The minimum Gasteiger partial charge on any atom is -0.352 e. The predicted molar refractivity (Wildman–Crippen MR) is 79.1 cm³/mol. The molecule has 0 aliphatic rings. The molecule has 0 radical (unpaired) electrons. The summed E-state index contributed by atoms with van der Waals surface area (Å²) in [5.41, 5.74) is 2.04. The van der Waals surface area contributed by atoms with E-state index in [4.69, 9.17) is 0 Å². The highest BCUT2D eigenvalue weighted by atomic mass is 16.2. The molecule has 110 valence electrons. The fourth-order valence-corrected chi connectivity index (χ4v) is 1.66. The highest BCUT2D eigenvalue weighted by Gasteiger charge is 2.01. The van der Waals surface area contributed by atoms with Crippen LogP contribution in [-0.4, -0.2) is 18.5 Å². The van der Waals surface area contributed by atoms with E-state index in [1.807, 2.05) is 38.1 Å². The molecule has 0 aliphatic heterocycles. The van der Waals surface area contributed by atoms with Crippen LogP contribution >= 0.6 is 0 Å². The molecule has 5 nitrogen and oxygen atoms in total. The van der Waals surface area contributed by atoms with Gasteiger partial charge in [0.1, 0.15) is 0 Å². The third kappa shape index (κ3) is 6.22. The number of urea groups is 1. The third-order valence-electron chi connectivity index (χ3n) is 2.79. The number of nitrogens with one attached hydrogen (secondary N) is 3. The van der Waals surface area contributed by atoms with E-state index >= 15 is 0 Å². The zero-order chi connectivity index (χ0) is 14.8. The summed E-state index contributed by atoms with van der Waals surface area (Å²) in [7, 11) is 0. The van der Waals surface area contributed by atoms with Crippen molar-refractivity contribution in [2.75, 3.05) is 6.54 Å². The molecular formula is C15H23N3O2. The summed E-state index contributed by atoms with van der Waals surface area (Å²) in [6, 6.07) is 7.66. The van der Waals surface area contributed by atoms with E-state index in [1.165, 1.54) is 0 Å². The first-order chi connectivity index (χ1) is 9.65. The van der Waals surface area contributed by atoms with Crippen molar-refractivity contribution in [3.8, 4) is 0 Å². The molecule has 0 spiro atoms. The molecule has 3 N–H and O–H groups in total. The average Bonchev–Trinajstić information content (AvgIpc) is 2.48. The summed E-state index contributed by atoms with van der Waals surface area (Å²) in [5, 5.41) is 8.39. The van der Waals surface area contributed by atoms with Crippen LogP contribution in [0.1, 0.15) is 37.8 Å². The van der Waals surface area contributed by atoms with Gasteiger partial charge in [0, 0.05) is 26.1 Å². The maximum absolute atomic E-state index is 11.4. The van der Waals surface area contributed by atoms with E-state index < -0.39 is 0 Å². The van der Waals surface area contributed by atoms with Gasteiger partial charge in [0.05, 0.1) is 0 Å². The lowest BCUT2D eigenvalue weighted by Crippen LogP contribution is -2.35. The average molecular weight is 277 g/mol. The monoisotopic (exact) mass is 277 g/mol. The highest BCUT2D eigenvalue weighted by molar-refractivity contribution is 5.75. The van der Waals surface area contributed by atoms with Crippen LogP contribution in [0, 0.1) is 0 Å². The third-order valence-corrected chi connectivity index (χ3v) is 2.79. The minimum atomic E-state index is -0.156. The zero-order valence-electron chi connectivity index (χ0n) is 12.2. The van der Waals surface area contributed by atoms with Crippen LogP contribution in [0.5, 0.6) is 0 Å². The molecule has 0 bridgehead atoms. The van der Waals surface area contributed by atoms with Gasteiger partial charge < -0.3 is 16.0 Å². The van der Waals surface area contributed by atoms with Gasteiger partial charge >= 0.3 is 6.03 Å². The molecule has 1 aromatic rings. The summed E-state index contributed by atoms with van der Waals surface area (Å²) in [6.07, 6.45) is 1.40. The molecule has 20 heavy (non-hydrogen) atoms. The predicted octanol–water partition coefficient (Wildman–Crippen LogP) is 1.92. The summed E-state index contributed by atoms with van der Waals surface area (Å²) in [5.74, 6) is 0.0347. The van der Waals surface area contributed by atoms with E-state index in [2.05, 4.69) is 16.0 Å². The Balaban J connectivity index is 2.43. The van der Waals surface area contributed by atoms with Crippen molar-refractivity contribution >= 4 is 11.9 Å². The second-order valence-corrected chi connectivity index (χ2v) is 4.56. The normalized spacial score (nSPS) is 9.90. The molecule has 0 saturated carbocycles. The topological polar surface area (TPSA) is 70.2 Å². The van der Waals surface area contributed by atoms with Crippen LogP contribution in [0.25, 0.3) is 0 Å². The van der Waals surface area contributed by atoms with Crippen molar-refractivity contribution < 1.29 is 9.59 Å². The van der Waals surface area contributed by atoms with E-state index in [1.54, 1.807) is 0 Å². The SMILES string of the molecule is CCCNC(=O)NCc1cccc(CNC(=O)CC)c1. The van der Waals surface area contributed by atoms with Gasteiger partial charge in [-0.25, -0.2) is 4.79 Å². The molecule has 1 rings (SSSR count). The van der Waals surface area contributed by atoms with E-state index in [-0.39, 0.29) is 11.9 Å². The first kappa shape index (κ1) is 16.0. The van der Waals surface area contributed by atoms with E-state index in [9.17, 15) is 9.59 Å². The van der Waals surface area contributed by atoms with Crippen LogP contribution < -0.4 is 16.0 Å². The molecule has 0 aromatic heterocycles. The van der Waals surface area contributed by atoms with E-state index in [0.717, 1.165) is 17.5 Å². The molecule has 0 aliphatic carbocycles. The molecule has 3 amide bonds. The zero-order valence-corrected chi connectivity index (χ0v) is 12.2. The Labute approximate surface area is 120 Å². The Morgan fingerprint density at radius 3 is 2.25 bits per heavy atom. The first-order valence-corrected chi connectivity index (χ1v) is 7.02. The molecular weight excluding hydrogens is 254 g/mol. The van der Waals surface area contributed by atoms with Crippen LogP contribution in [0.15, 0.2) is 24.3 Å². The fourth-order valence-electron chi connectivity index (χ4n) is 1.66. The van der Waals surface area contributed by atoms with Crippen LogP contribution in [-0.2, 0) is 17.9 Å². The first-order valence-electron chi connectivity index (χ1n) is 7.02. The Bertz CT molecular complexity index is 446. The largest absolute Gasteiger partial charge is 0.352 e. The Morgan fingerprint density at radius 1 is 1.00 bits per heavy atom. The standard InChI is InChI=1S/C15H23N3O2/c1-3-8-16-15(20)18-11-13-7-5-6-12(9-13)10-17-14(19)4-2/h5-7,9H,3-4,8,10-11H2,1-2H3,(H,17,19)(H2,16,18,20). The van der Waals surface area contributed by atoms with Gasteiger partial charge in [-0.3, -0.25) is 4.79 Å². The maximum Gasteiger partial charge on any atom is 0.315 e. The fraction of sp³-hybridized carbons (Fsp3) is 0.467. The van der Waals surface area contributed by atoms with Crippen molar-refractivity contribution in [3.05, 3.63) is 35.4 Å². The second kappa shape index (κ2) is 8.96. The smallest absolute Gasteiger partial charge is 0.315 e. The van der Waals surface area contributed by atoms with Crippen LogP contribution in [0.4, 0.5) is 4.79 Å². The molecule has 5 heteroatoms. The number of amides is 3. The van der Waals surface area contributed by atoms with E-state index in [0.29, 0.717) is 26.1 Å². The van der Waals surface area contributed by atoms with Crippen molar-refractivity contribution in [2.45, 2.75) is 39.8 Å². The lowest BCUT2D eigenvalue weighted by Gasteiger charge is -2.09. The van der Waals surface area contributed by atoms with Gasteiger partial charge in [-0.2, -0.15) is 0 Å². The molecule has 0 unspecified atom stereocenters. The Hall–Kier alpha value is -2.04. The Kier molecular flexibility index (Phi) is 7.17. The van der Waals surface area contributed by atoms with Crippen LogP contribution in [0.2, 0.25) is 0 Å². The number of carbonyl (C=O) groups excluding carboxylic acids is 2. The summed E-state index contributed by atoms with van der Waals surface area (Å²) in [6.45, 7) is 5.50. The van der Waals surface area contributed by atoms with Crippen molar-refractivity contribution in [1.29, 1.82) is 0 Å². The quantitative estimate of drug-likeness (QED) is 0.712. The number of benzene rings is 1. The lowest BCUT2D eigenvalue weighted by molar-refractivity contribution is -0.120. The van der Waals surface area contributed by atoms with Crippen molar-refractivity contribution in [3.63, 3.8) is 0 Å². The molecule has 0 saturated heterocycles. The number of rotatable bonds is 7. The van der Waals surface area contributed by atoms with Crippen molar-refractivity contribution in [2.24, 2.45) is 0 Å². The van der Waals surface area contributed by atoms with Gasteiger partial charge in [-0.15, -0.1) is 0 Å². The highest BCUT2D eigenvalue weighted by Crippen LogP contribution is 2.05. The van der Waals surface area contributed by atoms with Gasteiger partial charge in [-0.1, -0.05) is 38.1 Å². The van der Waals surface area contributed by atoms with Crippen molar-refractivity contribution in [1.82, 2.24) is 16.0 Å². The number of carbonyl (C=O) groups is 2. The summed E-state index contributed by atoms with van der Waals surface area (Å²) < 4.78 is 0. The number of hydrogen-bond donors (Lipinski definition) is 3. The molecule has 0 atom stereocenters. The summed E-state index contributed by atoms with van der Waals surface area (Å²) in [4.78, 5) is 22.6. The second-order valence-electron chi connectivity index (χ2n) is 4.56. The van der Waals surface area contributed by atoms with Gasteiger partial charge in [0.15, 0.2) is 0 Å². The van der Waals surface area contributed by atoms with Gasteiger partial charge in [0.2, 0.25) is 5.91 Å². The van der Waals surface area contributed by atoms with Crippen LogP contribution in [0.3, 0.4) is 0 Å². The number of hydrogen-bond acceptors (Lipinski definition) is 2. The summed E-state index contributed by atoms with van der Waals surface area (Å²) >= 11 is 0. The van der Waals surface area contributed by atoms with Gasteiger partial charge in [-0.05, 0) is 17.5 Å².